The van der Waals surface area contributed by atoms with Gasteiger partial charge in [0.25, 0.3) is 0 Å². The van der Waals surface area contributed by atoms with Crippen LogP contribution in [-0.2, 0) is 11.3 Å². The highest BCUT2D eigenvalue weighted by Gasteiger charge is 2.23. The second kappa shape index (κ2) is 7.07. The Kier molecular flexibility index (Phi) is 4.65. The minimum absolute atomic E-state index is 0.0919. The highest BCUT2D eigenvalue weighted by molar-refractivity contribution is 7.11. The molecule has 0 radical (unpaired) electrons. The van der Waals surface area contributed by atoms with Crippen molar-refractivity contribution in [1.29, 1.82) is 0 Å². The molecule has 3 aromatic rings. The first-order valence-electron chi connectivity index (χ1n) is 8.42. The van der Waals surface area contributed by atoms with E-state index in [1.807, 2.05) is 13.0 Å². The van der Waals surface area contributed by atoms with E-state index in [1.165, 1.54) is 16.3 Å². The van der Waals surface area contributed by atoms with Gasteiger partial charge >= 0.3 is 0 Å². The molecule has 0 bridgehead atoms. The van der Waals surface area contributed by atoms with Crippen molar-refractivity contribution < 1.29 is 9.47 Å². The number of rotatable bonds is 4. The topological polar surface area (TPSA) is 47.5 Å². The summed E-state index contributed by atoms with van der Waals surface area (Å²) in [6.07, 6.45) is 0.0919. The Hall–Kier alpha value is -2.02. The summed E-state index contributed by atoms with van der Waals surface area (Å²) < 4.78 is 11.3. The van der Waals surface area contributed by atoms with E-state index in [0.29, 0.717) is 0 Å². The molecule has 0 unspecified atom stereocenters. The summed E-state index contributed by atoms with van der Waals surface area (Å²) in [4.78, 5) is 2.40. The van der Waals surface area contributed by atoms with Gasteiger partial charge in [-0.25, -0.2) is 0 Å². The van der Waals surface area contributed by atoms with Crippen LogP contribution in [0.3, 0.4) is 0 Å². The molecule has 1 atom stereocenters. The zero-order valence-corrected chi connectivity index (χ0v) is 15.3. The Balaban J connectivity index is 1.51. The fourth-order valence-corrected chi connectivity index (χ4v) is 3.96. The first-order valence-corrected chi connectivity index (χ1v) is 9.23. The molecular weight excluding hydrogens is 334 g/mol. The smallest absolute Gasteiger partial charge is 0.131 e. The molecule has 1 aliphatic rings. The van der Waals surface area contributed by atoms with Crippen LogP contribution < -0.4 is 4.74 Å². The third-order valence-electron chi connectivity index (χ3n) is 4.52. The summed E-state index contributed by atoms with van der Waals surface area (Å²) in [6, 6.07) is 12.7. The van der Waals surface area contributed by atoms with Crippen molar-refractivity contribution in [3.05, 3.63) is 52.0 Å². The number of ether oxygens (including phenoxy) is 2. The normalized spacial score (nSPS) is 18.6. The van der Waals surface area contributed by atoms with Crippen LogP contribution in [0.2, 0.25) is 0 Å². The average molecular weight is 355 g/mol. The van der Waals surface area contributed by atoms with Gasteiger partial charge in [0, 0.05) is 13.1 Å². The summed E-state index contributed by atoms with van der Waals surface area (Å²) in [7, 11) is 1.69. The number of nitrogens with zero attached hydrogens (tertiary/aromatic N) is 3. The van der Waals surface area contributed by atoms with Crippen LogP contribution in [0.4, 0.5) is 0 Å². The number of aryl methyl sites for hydroxylation is 1. The van der Waals surface area contributed by atoms with Crippen LogP contribution in [-0.4, -0.2) is 41.9 Å². The Labute approximate surface area is 151 Å². The van der Waals surface area contributed by atoms with Gasteiger partial charge in [-0.3, -0.25) is 4.90 Å². The van der Waals surface area contributed by atoms with Crippen LogP contribution in [0.5, 0.6) is 5.75 Å². The molecule has 130 valence electrons. The van der Waals surface area contributed by atoms with E-state index in [0.717, 1.165) is 42.0 Å². The van der Waals surface area contributed by atoms with Crippen LogP contribution in [0, 0.1) is 6.92 Å². The van der Waals surface area contributed by atoms with E-state index >= 15 is 0 Å². The summed E-state index contributed by atoms with van der Waals surface area (Å²) >= 11 is 1.67. The highest BCUT2D eigenvalue weighted by Crippen LogP contribution is 2.28. The predicted molar refractivity (Wildman–Crippen MR) is 99.1 cm³/mol. The third-order valence-corrected chi connectivity index (χ3v) is 5.34. The SMILES string of the molecule is COc1ccc2cc([C@H]3CN(Cc4nnc(C)s4)CCO3)ccc2c1. The minimum Gasteiger partial charge on any atom is -0.497 e. The van der Waals surface area contributed by atoms with Gasteiger partial charge in [-0.05, 0) is 41.5 Å². The molecule has 2 aromatic carbocycles. The standard InChI is InChI=1S/C19H21N3O2S/c1-13-20-21-19(25-13)12-22-7-8-24-18(11-22)16-4-3-15-10-17(23-2)6-5-14(15)9-16/h3-6,9-10,18H,7-8,11-12H2,1-2H3/t18-/m1/s1. The lowest BCUT2D eigenvalue weighted by molar-refractivity contribution is -0.0329. The van der Waals surface area contributed by atoms with Crippen LogP contribution in [0.1, 0.15) is 21.7 Å². The molecule has 2 heterocycles. The molecule has 1 aromatic heterocycles. The van der Waals surface area contributed by atoms with Gasteiger partial charge in [0.05, 0.1) is 26.4 Å². The summed E-state index contributed by atoms with van der Waals surface area (Å²) in [5.41, 5.74) is 1.22. The van der Waals surface area contributed by atoms with Crippen molar-refractivity contribution in [1.82, 2.24) is 15.1 Å². The number of hydrogen-bond acceptors (Lipinski definition) is 6. The van der Waals surface area contributed by atoms with E-state index in [2.05, 4.69) is 45.4 Å². The van der Waals surface area contributed by atoms with Gasteiger partial charge in [-0.1, -0.05) is 18.2 Å². The molecule has 0 saturated carbocycles. The number of hydrogen-bond donors (Lipinski definition) is 0. The second-order valence-corrected chi connectivity index (χ2v) is 7.55. The largest absolute Gasteiger partial charge is 0.497 e. The fraction of sp³-hybridized carbons (Fsp3) is 0.368. The van der Waals surface area contributed by atoms with Crippen molar-refractivity contribution in [2.75, 3.05) is 26.8 Å². The number of fused-ring (bicyclic) bond motifs is 1. The van der Waals surface area contributed by atoms with E-state index < -0.39 is 0 Å². The van der Waals surface area contributed by atoms with Crippen LogP contribution in [0.15, 0.2) is 36.4 Å². The van der Waals surface area contributed by atoms with Crippen molar-refractivity contribution in [3.8, 4) is 5.75 Å². The van der Waals surface area contributed by atoms with Gasteiger partial charge in [-0.2, -0.15) is 0 Å². The molecule has 0 aliphatic carbocycles. The van der Waals surface area contributed by atoms with Gasteiger partial charge in [0.15, 0.2) is 0 Å². The average Bonchev–Trinajstić information content (AvgIpc) is 3.05. The maximum absolute atomic E-state index is 6.03. The number of benzene rings is 2. The molecule has 5 nitrogen and oxygen atoms in total. The first-order chi connectivity index (χ1) is 12.2. The number of aromatic nitrogens is 2. The second-order valence-electron chi connectivity index (χ2n) is 6.28. The van der Waals surface area contributed by atoms with Gasteiger partial charge < -0.3 is 9.47 Å². The van der Waals surface area contributed by atoms with Crippen LogP contribution in [0.25, 0.3) is 10.8 Å². The van der Waals surface area contributed by atoms with E-state index in [-0.39, 0.29) is 6.10 Å². The monoisotopic (exact) mass is 355 g/mol. The third kappa shape index (κ3) is 3.66. The Morgan fingerprint density at radius 2 is 2.04 bits per heavy atom. The lowest BCUT2D eigenvalue weighted by Crippen LogP contribution is -2.37. The van der Waals surface area contributed by atoms with Crippen molar-refractivity contribution >= 4 is 22.1 Å². The zero-order chi connectivity index (χ0) is 17.2. The molecule has 1 saturated heterocycles. The van der Waals surface area contributed by atoms with E-state index in [9.17, 15) is 0 Å². The zero-order valence-electron chi connectivity index (χ0n) is 14.4. The fourth-order valence-electron chi connectivity index (χ4n) is 3.21. The molecule has 6 heteroatoms. The Bertz CT molecular complexity index is 880. The minimum atomic E-state index is 0.0919. The molecular formula is C19H21N3O2S. The molecule has 25 heavy (non-hydrogen) atoms. The summed E-state index contributed by atoms with van der Waals surface area (Å²) in [5, 5.41) is 12.8. The van der Waals surface area contributed by atoms with E-state index in [1.54, 1.807) is 18.4 Å². The number of methoxy groups -OCH3 is 1. The van der Waals surface area contributed by atoms with Gasteiger partial charge in [0.2, 0.25) is 0 Å². The lowest BCUT2D eigenvalue weighted by atomic mass is 10.0. The van der Waals surface area contributed by atoms with Crippen LogP contribution >= 0.6 is 11.3 Å². The highest BCUT2D eigenvalue weighted by atomic mass is 32.1. The van der Waals surface area contributed by atoms with Gasteiger partial charge in [-0.15, -0.1) is 21.5 Å². The van der Waals surface area contributed by atoms with Crippen molar-refractivity contribution in [3.63, 3.8) is 0 Å². The maximum atomic E-state index is 6.03. The van der Waals surface area contributed by atoms with Gasteiger partial charge in [0.1, 0.15) is 15.8 Å². The lowest BCUT2D eigenvalue weighted by Gasteiger charge is -2.32. The summed E-state index contributed by atoms with van der Waals surface area (Å²) in [6.45, 7) is 5.38. The van der Waals surface area contributed by atoms with Crippen molar-refractivity contribution in [2.24, 2.45) is 0 Å². The maximum Gasteiger partial charge on any atom is 0.131 e. The molecule has 1 fully saturated rings. The van der Waals surface area contributed by atoms with E-state index in [4.69, 9.17) is 9.47 Å². The first kappa shape index (κ1) is 16.4. The Morgan fingerprint density at radius 1 is 1.20 bits per heavy atom. The summed E-state index contributed by atoms with van der Waals surface area (Å²) in [5.74, 6) is 0.882. The number of morpholine rings is 1. The quantitative estimate of drug-likeness (QED) is 0.716. The molecule has 0 amide bonds. The Morgan fingerprint density at radius 3 is 2.84 bits per heavy atom. The molecule has 1 aliphatic heterocycles. The molecule has 0 spiro atoms. The predicted octanol–water partition coefficient (Wildman–Crippen LogP) is 3.58. The molecule has 0 N–H and O–H groups in total. The van der Waals surface area contributed by atoms with Crippen molar-refractivity contribution in [2.45, 2.75) is 19.6 Å². The molecule has 4 rings (SSSR count).